The van der Waals surface area contributed by atoms with Crippen molar-refractivity contribution < 1.29 is 23.9 Å². The number of pyridine rings is 1. The van der Waals surface area contributed by atoms with E-state index >= 15 is 0 Å². The Morgan fingerprint density at radius 2 is 2.04 bits per heavy atom. The van der Waals surface area contributed by atoms with Crippen molar-refractivity contribution in [2.75, 3.05) is 6.61 Å². The summed E-state index contributed by atoms with van der Waals surface area (Å²) in [5.41, 5.74) is -0.231. The van der Waals surface area contributed by atoms with E-state index in [4.69, 9.17) is 4.74 Å². The lowest BCUT2D eigenvalue weighted by Gasteiger charge is -2.29. The Labute approximate surface area is 139 Å². The Bertz CT molecular complexity index is 619. The van der Waals surface area contributed by atoms with Gasteiger partial charge in [-0.05, 0) is 24.8 Å². The van der Waals surface area contributed by atoms with Crippen LogP contribution in [0.5, 0.6) is 0 Å². The van der Waals surface area contributed by atoms with Gasteiger partial charge in [-0.25, -0.2) is 9.59 Å². The highest BCUT2D eigenvalue weighted by Crippen LogP contribution is 2.23. The third-order valence-electron chi connectivity index (χ3n) is 4.05. The molecular formula is C16H21N3O5. The molecule has 130 valence electrons. The summed E-state index contributed by atoms with van der Waals surface area (Å²) < 4.78 is 5.08. The van der Waals surface area contributed by atoms with E-state index in [1.54, 1.807) is 0 Å². The maximum atomic E-state index is 11.8. The second kappa shape index (κ2) is 8.28. The number of imide groups is 1. The molecule has 0 aromatic carbocycles. The standard InChI is InChI=1S/C16H21N3O5/c1-11-6-2-3-7-12(11)17-16(22)18-14(20)10-24-15(21)13-8-4-5-9-19(13)23/h4-5,8-9,11-12H,2-3,6-7,10H2,1H3,(H2,17,18,20,22)/t11-,12-/m1/s1. The molecule has 0 aliphatic heterocycles. The molecule has 1 aliphatic rings. The molecule has 8 heteroatoms. The van der Waals surface area contributed by atoms with Gasteiger partial charge in [-0.1, -0.05) is 19.8 Å². The maximum absolute atomic E-state index is 11.8. The molecule has 1 saturated carbocycles. The number of carbonyl (C=O) groups excluding carboxylic acids is 3. The van der Waals surface area contributed by atoms with Crippen LogP contribution >= 0.6 is 0 Å². The van der Waals surface area contributed by atoms with Crippen molar-refractivity contribution in [2.24, 2.45) is 5.92 Å². The minimum atomic E-state index is -0.929. The lowest BCUT2D eigenvalue weighted by atomic mass is 9.86. The first kappa shape index (κ1) is 17.7. The molecule has 0 unspecified atom stereocenters. The van der Waals surface area contributed by atoms with Crippen LogP contribution in [0, 0.1) is 11.1 Å². The number of aromatic nitrogens is 1. The minimum absolute atomic E-state index is 0.0397. The number of amides is 3. The Morgan fingerprint density at radius 1 is 1.29 bits per heavy atom. The smallest absolute Gasteiger partial charge is 0.405 e. The quantitative estimate of drug-likeness (QED) is 0.482. The molecule has 3 amide bonds. The monoisotopic (exact) mass is 335 g/mol. The van der Waals surface area contributed by atoms with Crippen LogP contribution in [0.2, 0.25) is 0 Å². The first-order chi connectivity index (χ1) is 11.5. The zero-order valence-corrected chi connectivity index (χ0v) is 13.5. The summed E-state index contributed by atoms with van der Waals surface area (Å²) in [6, 6.07) is 3.69. The average molecular weight is 335 g/mol. The molecule has 1 fully saturated rings. The van der Waals surface area contributed by atoms with Crippen LogP contribution in [-0.4, -0.2) is 30.6 Å². The molecule has 2 N–H and O–H groups in total. The zero-order valence-electron chi connectivity index (χ0n) is 13.5. The number of urea groups is 1. The van der Waals surface area contributed by atoms with E-state index in [-0.39, 0.29) is 11.7 Å². The fourth-order valence-electron chi connectivity index (χ4n) is 2.69. The van der Waals surface area contributed by atoms with E-state index in [9.17, 15) is 19.6 Å². The van der Waals surface area contributed by atoms with Crippen LogP contribution in [0.15, 0.2) is 24.4 Å². The lowest BCUT2D eigenvalue weighted by molar-refractivity contribution is -0.608. The normalized spacial score (nSPS) is 20.0. The van der Waals surface area contributed by atoms with Crippen molar-refractivity contribution in [3.63, 3.8) is 0 Å². The van der Waals surface area contributed by atoms with Crippen LogP contribution in [0.3, 0.4) is 0 Å². The SMILES string of the molecule is C[C@@H]1CCCC[C@H]1NC(=O)NC(=O)COC(=O)c1cccc[n+]1[O-]. The topological polar surface area (TPSA) is 111 Å². The number of nitrogens with one attached hydrogen (secondary N) is 2. The molecule has 1 aromatic rings. The summed E-state index contributed by atoms with van der Waals surface area (Å²) in [5.74, 6) is -1.32. The molecule has 24 heavy (non-hydrogen) atoms. The summed E-state index contributed by atoms with van der Waals surface area (Å²) in [6.45, 7) is 1.42. The van der Waals surface area contributed by atoms with Gasteiger partial charge in [-0.15, -0.1) is 0 Å². The van der Waals surface area contributed by atoms with Crippen molar-refractivity contribution in [3.05, 3.63) is 35.3 Å². The second-order valence-corrected chi connectivity index (χ2v) is 5.88. The van der Waals surface area contributed by atoms with Crippen molar-refractivity contribution in [3.8, 4) is 0 Å². The number of rotatable bonds is 4. The number of carbonyl (C=O) groups is 3. The zero-order chi connectivity index (χ0) is 17.5. The van der Waals surface area contributed by atoms with Gasteiger partial charge in [0.05, 0.1) is 0 Å². The van der Waals surface area contributed by atoms with Crippen LogP contribution in [0.1, 0.15) is 43.1 Å². The van der Waals surface area contributed by atoms with Gasteiger partial charge >= 0.3 is 17.7 Å². The molecule has 2 rings (SSSR count). The fourth-order valence-corrected chi connectivity index (χ4v) is 2.69. The van der Waals surface area contributed by atoms with Gasteiger partial charge in [0, 0.05) is 18.2 Å². The Balaban J connectivity index is 1.75. The number of nitrogens with zero attached hydrogens (tertiary/aromatic N) is 1. The van der Waals surface area contributed by atoms with Crippen LogP contribution in [0.25, 0.3) is 0 Å². The number of hydrogen-bond acceptors (Lipinski definition) is 5. The van der Waals surface area contributed by atoms with Crippen LogP contribution in [0.4, 0.5) is 4.79 Å². The number of ether oxygens (including phenoxy) is 1. The lowest BCUT2D eigenvalue weighted by Crippen LogP contribution is -2.48. The van der Waals surface area contributed by atoms with Crippen molar-refractivity contribution in [1.82, 2.24) is 10.6 Å². The summed E-state index contributed by atoms with van der Waals surface area (Å²) in [5, 5.41) is 16.3. The van der Waals surface area contributed by atoms with Gasteiger partial charge in [0.15, 0.2) is 12.8 Å². The van der Waals surface area contributed by atoms with E-state index < -0.39 is 24.5 Å². The molecule has 1 heterocycles. The second-order valence-electron chi connectivity index (χ2n) is 5.88. The average Bonchev–Trinajstić information content (AvgIpc) is 2.55. The van der Waals surface area contributed by atoms with Gasteiger partial charge in [0.25, 0.3) is 5.91 Å². The summed E-state index contributed by atoms with van der Waals surface area (Å²) in [6.07, 6.45) is 5.27. The molecule has 2 atom stereocenters. The Hall–Kier alpha value is -2.64. The maximum Gasteiger partial charge on any atom is 0.405 e. The van der Waals surface area contributed by atoms with Crippen LogP contribution < -0.4 is 15.4 Å². The van der Waals surface area contributed by atoms with Gasteiger partial charge in [-0.3, -0.25) is 10.1 Å². The summed E-state index contributed by atoms with van der Waals surface area (Å²) >= 11 is 0. The van der Waals surface area contributed by atoms with Gasteiger partial charge in [-0.2, -0.15) is 4.73 Å². The third kappa shape index (κ3) is 4.94. The predicted molar refractivity (Wildman–Crippen MR) is 83.8 cm³/mol. The molecule has 0 bridgehead atoms. The highest BCUT2D eigenvalue weighted by atomic mass is 16.5. The highest BCUT2D eigenvalue weighted by molar-refractivity contribution is 5.96. The van der Waals surface area contributed by atoms with E-state index in [1.165, 1.54) is 18.2 Å². The molecule has 8 nitrogen and oxygen atoms in total. The van der Waals surface area contributed by atoms with Crippen molar-refractivity contribution in [2.45, 2.75) is 38.6 Å². The van der Waals surface area contributed by atoms with Gasteiger partial charge < -0.3 is 15.3 Å². The van der Waals surface area contributed by atoms with E-state index in [2.05, 4.69) is 17.6 Å². The minimum Gasteiger partial charge on any atom is -0.618 e. The number of hydrogen-bond donors (Lipinski definition) is 2. The van der Waals surface area contributed by atoms with E-state index in [1.807, 2.05) is 0 Å². The van der Waals surface area contributed by atoms with Crippen molar-refractivity contribution >= 4 is 17.9 Å². The molecule has 0 spiro atoms. The summed E-state index contributed by atoms with van der Waals surface area (Å²) in [7, 11) is 0. The molecule has 0 radical (unpaired) electrons. The Kier molecular flexibility index (Phi) is 6.11. The van der Waals surface area contributed by atoms with E-state index in [0.717, 1.165) is 31.9 Å². The molecular weight excluding hydrogens is 314 g/mol. The van der Waals surface area contributed by atoms with Crippen LogP contribution in [-0.2, 0) is 9.53 Å². The van der Waals surface area contributed by atoms with Gasteiger partial charge in [0.2, 0.25) is 0 Å². The molecule has 0 saturated heterocycles. The summed E-state index contributed by atoms with van der Waals surface area (Å²) in [4.78, 5) is 35.2. The van der Waals surface area contributed by atoms with E-state index in [0.29, 0.717) is 10.6 Å². The van der Waals surface area contributed by atoms with Crippen molar-refractivity contribution in [1.29, 1.82) is 0 Å². The largest absolute Gasteiger partial charge is 0.618 e. The first-order valence-electron chi connectivity index (χ1n) is 7.93. The first-order valence-corrected chi connectivity index (χ1v) is 7.93. The molecule has 1 aliphatic carbocycles. The Morgan fingerprint density at radius 3 is 2.75 bits per heavy atom. The van der Waals surface area contributed by atoms with Gasteiger partial charge in [0.1, 0.15) is 0 Å². The third-order valence-corrected chi connectivity index (χ3v) is 4.05. The number of esters is 1. The molecule has 1 aromatic heterocycles. The highest BCUT2D eigenvalue weighted by Gasteiger charge is 2.24. The predicted octanol–water partition coefficient (Wildman–Crippen LogP) is 0.881. The fraction of sp³-hybridized carbons (Fsp3) is 0.500.